The van der Waals surface area contributed by atoms with Crippen LogP contribution < -0.4 is 5.32 Å². The molecule has 0 saturated carbocycles. The molecule has 0 spiro atoms. The number of rotatable bonds is 4. The minimum absolute atomic E-state index is 0.0238. The van der Waals surface area contributed by atoms with Crippen molar-refractivity contribution in [2.24, 2.45) is 0 Å². The molecule has 0 radical (unpaired) electrons. The minimum Gasteiger partial charge on any atom is -0.383 e. The zero-order valence-electron chi connectivity index (χ0n) is 10.9. The third-order valence-corrected chi connectivity index (χ3v) is 2.67. The number of hydrogen-bond donors (Lipinski definition) is 1. The predicted molar refractivity (Wildman–Crippen MR) is 70.0 cm³/mol. The Morgan fingerprint density at radius 2 is 2.16 bits per heavy atom. The number of nitro benzene ring substituents is 1. The van der Waals surface area contributed by atoms with E-state index in [1.165, 1.54) is 6.07 Å². The molecule has 0 unspecified atom stereocenters. The molecule has 100 valence electrons. The van der Waals surface area contributed by atoms with E-state index in [-0.39, 0.29) is 17.5 Å². The van der Waals surface area contributed by atoms with Crippen LogP contribution in [0.2, 0.25) is 0 Å². The first-order valence-electron chi connectivity index (χ1n) is 5.83. The van der Waals surface area contributed by atoms with Gasteiger partial charge in [-0.2, -0.15) is 4.98 Å². The van der Waals surface area contributed by atoms with Gasteiger partial charge in [0.05, 0.1) is 4.92 Å². The van der Waals surface area contributed by atoms with Gasteiger partial charge in [0.1, 0.15) is 5.69 Å². The lowest BCUT2D eigenvalue weighted by molar-refractivity contribution is -0.383. The van der Waals surface area contributed by atoms with Gasteiger partial charge in [-0.25, -0.2) is 0 Å². The number of benzene rings is 1. The summed E-state index contributed by atoms with van der Waals surface area (Å²) >= 11 is 0. The van der Waals surface area contributed by atoms with Crippen molar-refractivity contribution in [3.8, 4) is 11.5 Å². The molecule has 0 fully saturated rings. The highest BCUT2D eigenvalue weighted by Gasteiger charge is 2.17. The second-order valence-corrected chi connectivity index (χ2v) is 4.35. The van der Waals surface area contributed by atoms with Gasteiger partial charge in [-0.15, -0.1) is 0 Å². The molecule has 0 aliphatic rings. The van der Waals surface area contributed by atoms with E-state index in [0.717, 1.165) is 0 Å². The fourth-order valence-electron chi connectivity index (χ4n) is 1.61. The largest absolute Gasteiger partial charge is 0.383 e. The molecule has 1 heterocycles. The van der Waals surface area contributed by atoms with Crippen molar-refractivity contribution < 1.29 is 9.45 Å². The summed E-state index contributed by atoms with van der Waals surface area (Å²) in [6, 6.07) is 4.74. The van der Waals surface area contributed by atoms with E-state index >= 15 is 0 Å². The molecule has 7 nitrogen and oxygen atoms in total. The highest BCUT2D eigenvalue weighted by molar-refractivity contribution is 5.69. The van der Waals surface area contributed by atoms with Gasteiger partial charge in [-0.3, -0.25) is 10.1 Å². The van der Waals surface area contributed by atoms with E-state index in [2.05, 4.69) is 15.5 Å². The summed E-state index contributed by atoms with van der Waals surface area (Å²) in [7, 11) is 1.63. The number of nitrogens with one attached hydrogen (secondary N) is 1. The van der Waals surface area contributed by atoms with Crippen molar-refractivity contribution in [3.63, 3.8) is 0 Å². The second-order valence-electron chi connectivity index (χ2n) is 4.35. The molecule has 1 aromatic heterocycles. The molecule has 7 heteroatoms. The highest BCUT2D eigenvalue weighted by Crippen LogP contribution is 2.30. The quantitative estimate of drug-likeness (QED) is 0.672. The van der Waals surface area contributed by atoms with E-state index in [0.29, 0.717) is 17.1 Å². The Hall–Kier alpha value is -2.44. The summed E-state index contributed by atoms with van der Waals surface area (Å²) in [5, 5.41) is 17.6. The SMILES string of the molecule is CNc1ccc(-c2nc(C(C)C)no2)cc1[N+](=O)[O-]. The summed E-state index contributed by atoms with van der Waals surface area (Å²) in [6.07, 6.45) is 0. The molecule has 0 bridgehead atoms. The second kappa shape index (κ2) is 5.05. The maximum absolute atomic E-state index is 11.0. The molecule has 19 heavy (non-hydrogen) atoms. The molecule has 0 saturated heterocycles. The zero-order valence-corrected chi connectivity index (χ0v) is 10.9. The Kier molecular flexibility index (Phi) is 3.46. The van der Waals surface area contributed by atoms with E-state index < -0.39 is 4.92 Å². The minimum atomic E-state index is -0.449. The molecule has 0 atom stereocenters. The Morgan fingerprint density at radius 3 is 2.68 bits per heavy atom. The molecule has 2 aromatic rings. The first kappa shape index (κ1) is 13.0. The van der Waals surface area contributed by atoms with Crippen LogP contribution >= 0.6 is 0 Å². The van der Waals surface area contributed by atoms with E-state index in [1.54, 1.807) is 19.2 Å². The van der Waals surface area contributed by atoms with Crippen LogP contribution in [0.4, 0.5) is 11.4 Å². The zero-order chi connectivity index (χ0) is 14.0. The molecule has 0 amide bonds. The number of nitrogens with zero attached hydrogens (tertiary/aromatic N) is 3. The number of aromatic nitrogens is 2. The van der Waals surface area contributed by atoms with Gasteiger partial charge in [0.25, 0.3) is 11.6 Å². The van der Waals surface area contributed by atoms with Crippen molar-refractivity contribution in [1.82, 2.24) is 10.1 Å². The van der Waals surface area contributed by atoms with Crippen LogP contribution in [-0.2, 0) is 0 Å². The Balaban J connectivity index is 2.44. The van der Waals surface area contributed by atoms with Gasteiger partial charge in [-0.05, 0) is 12.1 Å². The summed E-state index contributed by atoms with van der Waals surface area (Å²) in [5.41, 5.74) is 0.951. The van der Waals surface area contributed by atoms with Gasteiger partial charge in [-0.1, -0.05) is 19.0 Å². The van der Waals surface area contributed by atoms with Crippen LogP contribution in [0.5, 0.6) is 0 Å². The van der Waals surface area contributed by atoms with Crippen LogP contribution in [0.1, 0.15) is 25.6 Å². The van der Waals surface area contributed by atoms with Gasteiger partial charge < -0.3 is 9.84 Å². The average molecular weight is 262 g/mol. The lowest BCUT2D eigenvalue weighted by Crippen LogP contribution is -1.97. The van der Waals surface area contributed by atoms with Crippen LogP contribution in [0.15, 0.2) is 22.7 Å². The normalized spacial score (nSPS) is 10.7. The summed E-state index contributed by atoms with van der Waals surface area (Å²) in [6.45, 7) is 3.89. The third kappa shape index (κ3) is 2.54. The standard InChI is InChI=1S/C12H14N4O3/c1-7(2)11-14-12(19-15-11)8-4-5-9(13-3)10(6-8)16(17)18/h4-7,13H,1-3H3. The van der Waals surface area contributed by atoms with Crippen molar-refractivity contribution in [2.75, 3.05) is 12.4 Å². The van der Waals surface area contributed by atoms with Crippen LogP contribution in [0, 0.1) is 10.1 Å². The predicted octanol–water partition coefficient (Wildman–Crippen LogP) is 2.81. The summed E-state index contributed by atoms with van der Waals surface area (Å²) in [5.74, 6) is 1.01. The third-order valence-electron chi connectivity index (χ3n) is 2.67. The lowest BCUT2D eigenvalue weighted by Gasteiger charge is -2.02. The Bertz CT molecular complexity index is 607. The monoisotopic (exact) mass is 262 g/mol. The lowest BCUT2D eigenvalue weighted by atomic mass is 10.1. The van der Waals surface area contributed by atoms with Crippen LogP contribution in [0.3, 0.4) is 0 Å². The maximum atomic E-state index is 11.0. The average Bonchev–Trinajstić information content (AvgIpc) is 2.87. The van der Waals surface area contributed by atoms with Crippen LogP contribution in [-0.4, -0.2) is 22.1 Å². The fourth-order valence-corrected chi connectivity index (χ4v) is 1.61. The Morgan fingerprint density at radius 1 is 1.42 bits per heavy atom. The first-order valence-corrected chi connectivity index (χ1v) is 5.83. The van der Waals surface area contributed by atoms with E-state index in [9.17, 15) is 10.1 Å². The fraction of sp³-hybridized carbons (Fsp3) is 0.333. The molecule has 0 aliphatic carbocycles. The molecule has 0 aliphatic heterocycles. The van der Waals surface area contributed by atoms with Crippen molar-refractivity contribution in [3.05, 3.63) is 34.1 Å². The molecule has 2 rings (SSSR count). The number of hydrogen-bond acceptors (Lipinski definition) is 6. The van der Waals surface area contributed by atoms with Gasteiger partial charge in [0.2, 0.25) is 0 Å². The Labute approximate surface area is 109 Å². The van der Waals surface area contributed by atoms with Crippen LogP contribution in [0.25, 0.3) is 11.5 Å². The van der Waals surface area contributed by atoms with Crippen molar-refractivity contribution >= 4 is 11.4 Å². The van der Waals surface area contributed by atoms with Gasteiger partial charge in [0.15, 0.2) is 5.82 Å². The van der Waals surface area contributed by atoms with Crippen molar-refractivity contribution in [1.29, 1.82) is 0 Å². The van der Waals surface area contributed by atoms with E-state index in [4.69, 9.17) is 4.52 Å². The first-order chi connectivity index (χ1) is 9.02. The molecular formula is C12H14N4O3. The van der Waals surface area contributed by atoms with Gasteiger partial charge >= 0.3 is 0 Å². The van der Waals surface area contributed by atoms with Gasteiger partial charge in [0, 0.05) is 24.6 Å². The van der Waals surface area contributed by atoms with Crippen molar-refractivity contribution in [2.45, 2.75) is 19.8 Å². The topological polar surface area (TPSA) is 94.1 Å². The summed E-state index contributed by atoms with van der Waals surface area (Å²) in [4.78, 5) is 14.7. The molecule has 1 N–H and O–H groups in total. The number of anilines is 1. The summed E-state index contributed by atoms with van der Waals surface area (Å²) < 4.78 is 5.12. The van der Waals surface area contributed by atoms with E-state index in [1.807, 2.05) is 13.8 Å². The molecule has 1 aromatic carbocycles. The number of nitro groups is 1. The highest BCUT2D eigenvalue weighted by atomic mass is 16.6. The molecular weight excluding hydrogens is 248 g/mol. The maximum Gasteiger partial charge on any atom is 0.293 e. The smallest absolute Gasteiger partial charge is 0.293 e.